The summed E-state index contributed by atoms with van der Waals surface area (Å²) in [4.78, 5) is 8.01. The number of hydrogen-bond acceptors (Lipinski definition) is 4. The van der Waals surface area contributed by atoms with Crippen LogP contribution in [0, 0.1) is 9.49 Å². The van der Waals surface area contributed by atoms with Crippen LogP contribution in [0.3, 0.4) is 0 Å². The van der Waals surface area contributed by atoms with Crippen molar-refractivity contribution in [2.75, 3.05) is 19.8 Å². The fraction of sp³-hybridized carbons (Fsp3) is 0.600. The maximum atomic E-state index is 5.66. The SMILES string of the molecule is Ic1cncnc1OCC1CCOCC1. The van der Waals surface area contributed by atoms with E-state index in [1.54, 1.807) is 6.20 Å². The number of rotatable bonds is 3. The van der Waals surface area contributed by atoms with Gasteiger partial charge in [0, 0.05) is 19.4 Å². The summed E-state index contributed by atoms with van der Waals surface area (Å²) < 4.78 is 11.9. The Morgan fingerprint density at radius 3 is 3.00 bits per heavy atom. The minimum absolute atomic E-state index is 0.601. The Hall–Kier alpha value is -0.430. The van der Waals surface area contributed by atoms with Crippen molar-refractivity contribution in [3.63, 3.8) is 0 Å². The summed E-state index contributed by atoms with van der Waals surface area (Å²) in [5, 5.41) is 0. The van der Waals surface area contributed by atoms with Gasteiger partial charge in [0.25, 0.3) is 0 Å². The second kappa shape index (κ2) is 5.60. The highest BCUT2D eigenvalue weighted by molar-refractivity contribution is 14.1. The first kappa shape index (κ1) is 11.1. The molecule has 0 saturated carbocycles. The van der Waals surface area contributed by atoms with Crippen molar-refractivity contribution in [2.45, 2.75) is 12.8 Å². The summed E-state index contributed by atoms with van der Waals surface area (Å²) in [5.74, 6) is 1.29. The van der Waals surface area contributed by atoms with Crippen LogP contribution in [0.15, 0.2) is 12.5 Å². The molecule has 4 nitrogen and oxygen atoms in total. The van der Waals surface area contributed by atoms with Crippen molar-refractivity contribution in [1.29, 1.82) is 0 Å². The van der Waals surface area contributed by atoms with E-state index >= 15 is 0 Å². The summed E-state index contributed by atoms with van der Waals surface area (Å²) >= 11 is 2.18. The monoisotopic (exact) mass is 320 g/mol. The Bertz CT molecular complexity index is 316. The van der Waals surface area contributed by atoms with Gasteiger partial charge >= 0.3 is 0 Å². The molecule has 0 amide bonds. The van der Waals surface area contributed by atoms with Crippen LogP contribution < -0.4 is 4.74 Å². The third-order valence-electron chi connectivity index (χ3n) is 2.43. The van der Waals surface area contributed by atoms with Gasteiger partial charge in [0.1, 0.15) is 6.33 Å². The van der Waals surface area contributed by atoms with E-state index in [9.17, 15) is 0 Å². The highest BCUT2D eigenvalue weighted by Crippen LogP contribution is 2.19. The molecule has 0 spiro atoms. The maximum absolute atomic E-state index is 5.66. The molecule has 1 aromatic heterocycles. The van der Waals surface area contributed by atoms with Gasteiger partial charge in [-0.2, -0.15) is 0 Å². The molecule has 1 aromatic rings. The van der Waals surface area contributed by atoms with Gasteiger partial charge in [0.05, 0.1) is 10.2 Å². The molecule has 1 aliphatic rings. The number of ether oxygens (including phenoxy) is 2. The van der Waals surface area contributed by atoms with Crippen LogP contribution >= 0.6 is 22.6 Å². The average molecular weight is 320 g/mol. The van der Waals surface area contributed by atoms with E-state index in [0.29, 0.717) is 11.8 Å². The van der Waals surface area contributed by atoms with E-state index in [0.717, 1.165) is 36.2 Å². The molecule has 0 aliphatic carbocycles. The van der Waals surface area contributed by atoms with E-state index in [-0.39, 0.29) is 0 Å². The summed E-state index contributed by atoms with van der Waals surface area (Å²) in [6, 6.07) is 0. The maximum Gasteiger partial charge on any atom is 0.230 e. The molecular weight excluding hydrogens is 307 g/mol. The zero-order valence-electron chi connectivity index (χ0n) is 8.36. The average Bonchev–Trinajstić information content (AvgIpc) is 2.29. The minimum atomic E-state index is 0.601. The standard InChI is InChI=1S/C10H13IN2O2/c11-9-5-12-7-13-10(9)15-6-8-1-3-14-4-2-8/h5,7-8H,1-4,6H2. The molecule has 15 heavy (non-hydrogen) atoms. The van der Waals surface area contributed by atoms with Crippen molar-refractivity contribution >= 4 is 22.6 Å². The molecule has 1 saturated heterocycles. The summed E-state index contributed by atoms with van der Waals surface area (Å²) in [7, 11) is 0. The van der Waals surface area contributed by atoms with Crippen LogP contribution in [-0.4, -0.2) is 29.8 Å². The van der Waals surface area contributed by atoms with Crippen molar-refractivity contribution in [2.24, 2.45) is 5.92 Å². The number of halogens is 1. The van der Waals surface area contributed by atoms with Gasteiger partial charge in [-0.1, -0.05) is 0 Å². The molecule has 82 valence electrons. The highest BCUT2D eigenvalue weighted by atomic mass is 127. The van der Waals surface area contributed by atoms with Crippen LogP contribution in [0.5, 0.6) is 5.88 Å². The Morgan fingerprint density at radius 2 is 2.27 bits per heavy atom. The molecule has 5 heteroatoms. The Morgan fingerprint density at radius 1 is 1.47 bits per heavy atom. The van der Waals surface area contributed by atoms with Crippen LogP contribution in [0.1, 0.15) is 12.8 Å². The van der Waals surface area contributed by atoms with Crippen LogP contribution in [0.25, 0.3) is 0 Å². The molecule has 0 unspecified atom stereocenters. The Balaban J connectivity index is 1.84. The smallest absolute Gasteiger partial charge is 0.230 e. The lowest BCUT2D eigenvalue weighted by atomic mass is 10.0. The lowest BCUT2D eigenvalue weighted by Crippen LogP contribution is -2.21. The molecule has 1 fully saturated rings. The second-order valence-corrected chi connectivity index (χ2v) is 4.70. The zero-order chi connectivity index (χ0) is 10.5. The van der Waals surface area contributed by atoms with Gasteiger partial charge in [0.15, 0.2) is 0 Å². The lowest BCUT2D eigenvalue weighted by molar-refractivity contribution is 0.0488. The Labute approximate surface area is 103 Å². The van der Waals surface area contributed by atoms with Gasteiger partial charge in [-0.25, -0.2) is 9.97 Å². The quantitative estimate of drug-likeness (QED) is 0.798. The first-order valence-corrected chi connectivity index (χ1v) is 6.10. The first-order chi connectivity index (χ1) is 7.36. The fourth-order valence-corrected chi connectivity index (χ4v) is 1.97. The van der Waals surface area contributed by atoms with Crippen molar-refractivity contribution in [1.82, 2.24) is 9.97 Å². The van der Waals surface area contributed by atoms with Crippen molar-refractivity contribution in [3.05, 3.63) is 16.1 Å². The topological polar surface area (TPSA) is 44.2 Å². The van der Waals surface area contributed by atoms with Gasteiger partial charge in [0.2, 0.25) is 5.88 Å². The van der Waals surface area contributed by atoms with Crippen molar-refractivity contribution in [3.8, 4) is 5.88 Å². The van der Waals surface area contributed by atoms with E-state index < -0.39 is 0 Å². The number of aromatic nitrogens is 2. The van der Waals surface area contributed by atoms with Gasteiger partial charge in [-0.05, 0) is 41.4 Å². The lowest BCUT2D eigenvalue weighted by Gasteiger charge is -2.21. The Kier molecular flexibility index (Phi) is 4.13. The van der Waals surface area contributed by atoms with Gasteiger partial charge in [-0.3, -0.25) is 0 Å². The molecule has 1 aliphatic heterocycles. The molecular formula is C10H13IN2O2. The van der Waals surface area contributed by atoms with Crippen LogP contribution in [0.2, 0.25) is 0 Å². The molecule has 2 rings (SSSR count). The second-order valence-electron chi connectivity index (χ2n) is 3.54. The predicted octanol–water partition coefficient (Wildman–Crippen LogP) is 1.89. The van der Waals surface area contributed by atoms with E-state index in [1.165, 1.54) is 6.33 Å². The summed E-state index contributed by atoms with van der Waals surface area (Å²) in [6.07, 6.45) is 5.44. The minimum Gasteiger partial charge on any atom is -0.477 e. The van der Waals surface area contributed by atoms with E-state index in [4.69, 9.17) is 9.47 Å². The first-order valence-electron chi connectivity index (χ1n) is 5.02. The van der Waals surface area contributed by atoms with E-state index in [2.05, 4.69) is 32.6 Å². The van der Waals surface area contributed by atoms with Crippen LogP contribution in [-0.2, 0) is 4.74 Å². The summed E-state index contributed by atoms with van der Waals surface area (Å²) in [6.45, 7) is 2.44. The molecule has 0 radical (unpaired) electrons. The third kappa shape index (κ3) is 3.27. The molecule has 2 heterocycles. The summed E-state index contributed by atoms with van der Waals surface area (Å²) in [5.41, 5.74) is 0. The normalized spacial score (nSPS) is 17.7. The molecule has 0 aromatic carbocycles. The van der Waals surface area contributed by atoms with E-state index in [1.807, 2.05) is 0 Å². The molecule has 0 bridgehead atoms. The third-order valence-corrected chi connectivity index (χ3v) is 3.17. The van der Waals surface area contributed by atoms with Crippen molar-refractivity contribution < 1.29 is 9.47 Å². The highest BCUT2D eigenvalue weighted by Gasteiger charge is 2.15. The molecule has 0 N–H and O–H groups in total. The van der Waals surface area contributed by atoms with Gasteiger partial charge < -0.3 is 9.47 Å². The largest absolute Gasteiger partial charge is 0.477 e. The number of hydrogen-bond donors (Lipinski definition) is 0. The zero-order valence-corrected chi connectivity index (χ0v) is 10.5. The van der Waals surface area contributed by atoms with Gasteiger partial charge in [-0.15, -0.1) is 0 Å². The fourth-order valence-electron chi connectivity index (χ4n) is 1.52. The predicted molar refractivity (Wildman–Crippen MR) is 63.8 cm³/mol. The number of nitrogens with zero attached hydrogens (tertiary/aromatic N) is 2. The molecule has 0 atom stereocenters. The van der Waals surface area contributed by atoms with Crippen LogP contribution in [0.4, 0.5) is 0 Å².